The lowest BCUT2D eigenvalue weighted by Crippen LogP contribution is -2.45. The van der Waals surface area contributed by atoms with Gasteiger partial charge in [-0.1, -0.05) is 12.0 Å². The fraction of sp³-hybridized carbons (Fsp3) is 1.00. The van der Waals surface area contributed by atoms with Gasteiger partial charge in [-0.3, -0.25) is 4.90 Å². The molecule has 1 rings (SSSR count). The van der Waals surface area contributed by atoms with Gasteiger partial charge in [0.15, 0.2) is 0 Å². The summed E-state index contributed by atoms with van der Waals surface area (Å²) in [5.41, 5.74) is 8.15. The molecule has 0 saturated carbocycles. The van der Waals surface area contributed by atoms with Gasteiger partial charge in [0.25, 0.3) is 0 Å². The zero-order valence-electron chi connectivity index (χ0n) is 8.18. The molecule has 2 unspecified atom stereocenters. The summed E-state index contributed by atoms with van der Waals surface area (Å²) in [5, 5.41) is 4.25. The summed E-state index contributed by atoms with van der Waals surface area (Å²) in [7, 11) is 0. The number of thioether (sulfide) groups is 1. The van der Waals surface area contributed by atoms with Crippen LogP contribution < -0.4 is 0 Å². The molecular formula is C8H16N4S. The second-order valence-corrected chi connectivity index (χ2v) is 4.79. The first-order valence-corrected chi connectivity index (χ1v) is 5.67. The second kappa shape index (κ2) is 5.37. The van der Waals surface area contributed by atoms with E-state index in [-0.39, 0.29) is 0 Å². The van der Waals surface area contributed by atoms with Gasteiger partial charge in [0.05, 0.1) is 0 Å². The minimum Gasteiger partial charge on any atom is -0.299 e. The topological polar surface area (TPSA) is 52.0 Å². The number of hydrogen-bond acceptors (Lipinski definition) is 3. The molecule has 1 aliphatic rings. The van der Waals surface area contributed by atoms with Crippen molar-refractivity contribution < 1.29 is 0 Å². The van der Waals surface area contributed by atoms with E-state index < -0.39 is 0 Å². The van der Waals surface area contributed by atoms with Crippen LogP contribution in [-0.4, -0.2) is 41.6 Å². The maximum absolute atomic E-state index is 8.15. The Morgan fingerprint density at radius 1 is 1.62 bits per heavy atom. The predicted molar refractivity (Wildman–Crippen MR) is 57.0 cm³/mol. The van der Waals surface area contributed by atoms with Crippen molar-refractivity contribution in [2.75, 3.05) is 25.4 Å². The van der Waals surface area contributed by atoms with Crippen molar-refractivity contribution in [3.63, 3.8) is 0 Å². The highest BCUT2D eigenvalue weighted by Crippen LogP contribution is 2.23. The van der Waals surface area contributed by atoms with E-state index in [9.17, 15) is 0 Å². The first kappa shape index (κ1) is 10.7. The minimum absolute atomic E-state index is 0.595. The summed E-state index contributed by atoms with van der Waals surface area (Å²) >= 11 is 2.02. The third kappa shape index (κ3) is 3.10. The molecule has 0 aromatic heterocycles. The van der Waals surface area contributed by atoms with Crippen LogP contribution in [0.4, 0.5) is 0 Å². The Labute approximate surface area is 83.3 Å². The molecule has 0 bridgehead atoms. The molecule has 1 aliphatic heterocycles. The Balaban J connectivity index is 2.34. The van der Waals surface area contributed by atoms with Gasteiger partial charge in [0.2, 0.25) is 0 Å². The van der Waals surface area contributed by atoms with E-state index in [0.717, 1.165) is 13.1 Å². The van der Waals surface area contributed by atoms with Crippen LogP contribution in [-0.2, 0) is 0 Å². The Kier molecular flexibility index (Phi) is 4.42. The Morgan fingerprint density at radius 3 is 3.08 bits per heavy atom. The summed E-state index contributed by atoms with van der Waals surface area (Å²) in [6.07, 6.45) is 0. The van der Waals surface area contributed by atoms with Gasteiger partial charge in [0.1, 0.15) is 0 Å². The van der Waals surface area contributed by atoms with E-state index in [1.54, 1.807) is 0 Å². The molecule has 0 N–H and O–H groups in total. The van der Waals surface area contributed by atoms with Crippen LogP contribution >= 0.6 is 11.8 Å². The molecule has 0 aromatic rings. The summed E-state index contributed by atoms with van der Waals surface area (Å²) in [6, 6.07) is 0.604. The molecule has 0 aliphatic carbocycles. The molecule has 0 spiro atoms. The van der Waals surface area contributed by atoms with E-state index in [1.807, 2.05) is 11.8 Å². The highest BCUT2D eigenvalue weighted by atomic mass is 32.2. The standard InChI is InChI=1S/C8H16N4S/c1-7-8(2)13-6-5-12(7)4-3-10-11-9/h7-8H,3-6H2,1-2H3. The van der Waals surface area contributed by atoms with Crippen LogP contribution in [0.2, 0.25) is 0 Å². The molecule has 2 atom stereocenters. The lowest BCUT2D eigenvalue weighted by atomic mass is 10.2. The molecule has 1 heterocycles. The summed E-state index contributed by atoms with van der Waals surface area (Å²) in [5.74, 6) is 1.20. The van der Waals surface area contributed by atoms with Crippen molar-refractivity contribution in [2.24, 2.45) is 5.11 Å². The molecule has 4 nitrogen and oxygen atoms in total. The van der Waals surface area contributed by atoms with Crippen LogP contribution in [0.5, 0.6) is 0 Å². The lowest BCUT2D eigenvalue weighted by Gasteiger charge is -2.37. The fourth-order valence-corrected chi connectivity index (χ4v) is 2.69. The molecule has 74 valence electrons. The summed E-state index contributed by atoms with van der Waals surface area (Å²) < 4.78 is 0. The quantitative estimate of drug-likeness (QED) is 0.398. The van der Waals surface area contributed by atoms with E-state index in [2.05, 4.69) is 28.8 Å². The van der Waals surface area contributed by atoms with Crippen molar-refractivity contribution in [2.45, 2.75) is 25.1 Å². The molecular weight excluding hydrogens is 184 g/mol. The van der Waals surface area contributed by atoms with Gasteiger partial charge in [0, 0.05) is 41.6 Å². The zero-order valence-corrected chi connectivity index (χ0v) is 9.00. The Bertz CT molecular complexity index is 202. The Morgan fingerprint density at radius 2 is 2.38 bits per heavy atom. The third-order valence-electron chi connectivity index (χ3n) is 2.57. The van der Waals surface area contributed by atoms with Crippen LogP contribution in [0.3, 0.4) is 0 Å². The molecule has 0 aromatic carbocycles. The maximum atomic E-state index is 8.15. The largest absolute Gasteiger partial charge is 0.299 e. The van der Waals surface area contributed by atoms with E-state index in [4.69, 9.17) is 5.53 Å². The first-order chi connectivity index (χ1) is 6.25. The molecule has 0 radical (unpaired) electrons. The van der Waals surface area contributed by atoms with Crippen LogP contribution in [0, 0.1) is 0 Å². The zero-order chi connectivity index (χ0) is 9.68. The van der Waals surface area contributed by atoms with Gasteiger partial charge >= 0.3 is 0 Å². The van der Waals surface area contributed by atoms with Crippen LogP contribution in [0.25, 0.3) is 10.4 Å². The van der Waals surface area contributed by atoms with Crippen molar-refractivity contribution in [1.82, 2.24) is 4.90 Å². The predicted octanol–water partition coefficient (Wildman–Crippen LogP) is 2.12. The van der Waals surface area contributed by atoms with E-state index in [1.165, 1.54) is 5.75 Å². The average molecular weight is 200 g/mol. The number of rotatable bonds is 3. The van der Waals surface area contributed by atoms with Crippen molar-refractivity contribution in [3.05, 3.63) is 10.4 Å². The number of hydrogen-bond donors (Lipinski definition) is 0. The lowest BCUT2D eigenvalue weighted by molar-refractivity contribution is 0.219. The average Bonchev–Trinajstić information content (AvgIpc) is 2.13. The van der Waals surface area contributed by atoms with Gasteiger partial charge in [-0.25, -0.2) is 0 Å². The molecule has 13 heavy (non-hydrogen) atoms. The molecule has 1 fully saturated rings. The third-order valence-corrected chi connectivity index (χ3v) is 3.90. The normalized spacial score (nSPS) is 29.7. The highest BCUT2D eigenvalue weighted by molar-refractivity contribution is 8.00. The highest BCUT2D eigenvalue weighted by Gasteiger charge is 2.23. The van der Waals surface area contributed by atoms with Gasteiger partial charge < -0.3 is 0 Å². The Hall–Kier alpha value is -0.380. The number of nitrogens with zero attached hydrogens (tertiary/aromatic N) is 4. The van der Waals surface area contributed by atoms with Crippen LogP contribution in [0.15, 0.2) is 5.11 Å². The minimum atomic E-state index is 0.595. The van der Waals surface area contributed by atoms with Gasteiger partial charge in [-0.15, -0.1) is 0 Å². The van der Waals surface area contributed by atoms with Gasteiger partial charge in [-0.2, -0.15) is 11.8 Å². The molecule has 5 heteroatoms. The SMILES string of the molecule is CC1SCCN(CCN=[N+]=[N-])C1C. The molecule has 0 amide bonds. The smallest absolute Gasteiger partial charge is 0.0385 e. The fourth-order valence-electron chi connectivity index (χ4n) is 1.53. The van der Waals surface area contributed by atoms with E-state index >= 15 is 0 Å². The monoisotopic (exact) mass is 200 g/mol. The van der Waals surface area contributed by atoms with Crippen molar-refractivity contribution in [3.8, 4) is 0 Å². The van der Waals surface area contributed by atoms with E-state index in [0.29, 0.717) is 17.8 Å². The molecule has 1 saturated heterocycles. The summed E-state index contributed by atoms with van der Waals surface area (Å²) in [6.45, 7) is 7.12. The maximum Gasteiger partial charge on any atom is 0.0385 e. The van der Waals surface area contributed by atoms with Crippen molar-refractivity contribution >= 4 is 11.8 Å². The van der Waals surface area contributed by atoms with Crippen LogP contribution in [0.1, 0.15) is 13.8 Å². The van der Waals surface area contributed by atoms with Crippen molar-refractivity contribution in [1.29, 1.82) is 0 Å². The second-order valence-electron chi connectivity index (χ2n) is 3.31. The van der Waals surface area contributed by atoms with Gasteiger partial charge in [-0.05, 0) is 12.5 Å². The number of azide groups is 1. The first-order valence-electron chi connectivity index (χ1n) is 4.62. The summed E-state index contributed by atoms with van der Waals surface area (Å²) in [4.78, 5) is 5.16.